The molecule has 0 aromatic rings. The maximum absolute atomic E-state index is 5.65. The Hall–Kier alpha value is -0.120. The van der Waals surface area contributed by atoms with Gasteiger partial charge in [-0.1, -0.05) is 0 Å². The molecule has 0 aromatic carbocycles. The minimum absolute atomic E-state index is 0.301. The molecule has 0 radical (unpaired) electrons. The molecule has 12 heavy (non-hydrogen) atoms. The minimum Gasteiger partial charge on any atom is -0.375 e. The molecule has 70 valence electrons. The normalized spacial score (nSPS) is 35.8. The van der Waals surface area contributed by atoms with E-state index in [1.54, 1.807) is 0 Å². The number of likely N-dealkylation sites (N-methyl/N-ethyl adjacent to an activating group) is 1. The van der Waals surface area contributed by atoms with Crippen LogP contribution in [0.1, 0.15) is 19.3 Å². The molecule has 0 bridgehead atoms. The van der Waals surface area contributed by atoms with Gasteiger partial charge in [0.15, 0.2) is 0 Å². The maximum Gasteiger partial charge on any atom is 0.0984 e. The summed E-state index contributed by atoms with van der Waals surface area (Å²) in [6.07, 6.45) is 4.67. The first-order valence-electron chi connectivity index (χ1n) is 4.80. The van der Waals surface area contributed by atoms with Crippen molar-refractivity contribution in [3.63, 3.8) is 0 Å². The number of hydrogen-bond donors (Lipinski definition) is 1. The Kier molecular flexibility index (Phi) is 2.63. The molecule has 1 heterocycles. The highest BCUT2D eigenvalue weighted by Crippen LogP contribution is 2.23. The molecule has 2 unspecified atom stereocenters. The van der Waals surface area contributed by atoms with Crippen LogP contribution >= 0.6 is 0 Å². The molecule has 1 N–H and O–H groups in total. The smallest absolute Gasteiger partial charge is 0.0984 e. The molecule has 2 fully saturated rings. The first-order chi connectivity index (χ1) is 5.90. The average molecular weight is 171 g/mol. The molecule has 1 saturated heterocycles. The van der Waals surface area contributed by atoms with Crippen molar-refractivity contribution in [2.45, 2.75) is 37.5 Å². The molecule has 0 spiro atoms. The molecule has 2 atom stereocenters. The molecular formula is C9H17NO2. The van der Waals surface area contributed by atoms with Crippen LogP contribution in [0.25, 0.3) is 0 Å². The summed E-state index contributed by atoms with van der Waals surface area (Å²) in [7, 11) is 1.98. The zero-order chi connectivity index (χ0) is 8.39. The van der Waals surface area contributed by atoms with Gasteiger partial charge in [0.25, 0.3) is 0 Å². The largest absolute Gasteiger partial charge is 0.375 e. The van der Waals surface area contributed by atoms with Crippen molar-refractivity contribution in [1.29, 1.82) is 0 Å². The van der Waals surface area contributed by atoms with E-state index in [0.717, 1.165) is 13.2 Å². The van der Waals surface area contributed by atoms with E-state index in [0.29, 0.717) is 18.2 Å². The van der Waals surface area contributed by atoms with Crippen LogP contribution in [0.2, 0.25) is 0 Å². The van der Waals surface area contributed by atoms with Crippen molar-refractivity contribution in [1.82, 2.24) is 5.32 Å². The average Bonchev–Trinajstić information content (AvgIpc) is 1.93. The lowest BCUT2D eigenvalue weighted by molar-refractivity contribution is -0.140. The Bertz CT molecular complexity index is 145. The second-order valence-electron chi connectivity index (χ2n) is 3.65. The van der Waals surface area contributed by atoms with Gasteiger partial charge in [-0.3, -0.25) is 0 Å². The Balaban J connectivity index is 1.59. The summed E-state index contributed by atoms with van der Waals surface area (Å²) in [4.78, 5) is 0. The summed E-state index contributed by atoms with van der Waals surface area (Å²) in [5.41, 5.74) is 0. The van der Waals surface area contributed by atoms with Gasteiger partial charge in [-0.2, -0.15) is 0 Å². The molecule has 3 nitrogen and oxygen atoms in total. The fourth-order valence-corrected chi connectivity index (χ4v) is 1.53. The van der Waals surface area contributed by atoms with Gasteiger partial charge in [0.05, 0.1) is 31.5 Å². The van der Waals surface area contributed by atoms with E-state index in [9.17, 15) is 0 Å². The third kappa shape index (κ3) is 1.63. The van der Waals surface area contributed by atoms with Gasteiger partial charge in [-0.05, 0) is 26.3 Å². The van der Waals surface area contributed by atoms with E-state index >= 15 is 0 Å². The number of rotatable bonds is 4. The fraction of sp³-hybridized carbons (Fsp3) is 1.00. The van der Waals surface area contributed by atoms with E-state index in [1.807, 2.05) is 7.05 Å². The SMILES string of the molecule is CNC1COC1COC1CCC1. The number of ether oxygens (including phenoxy) is 2. The van der Waals surface area contributed by atoms with Crippen LogP contribution < -0.4 is 5.32 Å². The van der Waals surface area contributed by atoms with Crippen molar-refractivity contribution in [2.24, 2.45) is 0 Å². The lowest BCUT2D eigenvalue weighted by atomic mass is 9.96. The maximum atomic E-state index is 5.65. The Labute approximate surface area is 73.4 Å². The zero-order valence-electron chi connectivity index (χ0n) is 7.58. The molecule has 3 heteroatoms. The van der Waals surface area contributed by atoms with Crippen LogP contribution in [0, 0.1) is 0 Å². The van der Waals surface area contributed by atoms with Crippen LogP contribution in [0.5, 0.6) is 0 Å². The van der Waals surface area contributed by atoms with Crippen molar-refractivity contribution in [3.05, 3.63) is 0 Å². The van der Waals surface area contributed by atoms with Crippen molar-refractivity contribution in [2.75, 3.05) is 20.3 Å². The van der Waals surface area contributed by atoms with E-state index in [1.165, 1.54) is 19.3 Å². The third-order valence-corrected chi connectivity index (χ3v) is 2.86. The van der Waals surface area contributed by atoms with Gasteiger partial charge in [0, 0.05) is 0 Å². The van der Waals surface area contributed by atoms with E-state index in [2.05, 4.69) is 5.32 Å². The van der Waals surface area contributed by atoms with Gasteiger partial charge >= 0.3 is 0 Å². The first-order valence-corrected chi connectivity index (χ1v) is 4.80. The molecule has 2 aliphatic rings. The molecule has 0 aromatic heterocycles. The van der Waals surface area contributed by atoms with E-state index in [4.69, 9.17) is 9.47 Å². The van der Waals surface area contributed by atoms with Gasteiger partial charge in [0.2, 0.25) is 0 Å². The van der Waals surface area contributed by atoms with E-state index in [-0.39, 0.29) is 0 Å². The summed E-state index contributed by atoms with van der Waals surface area (Å²) in [5.74, 6) is 0. The third-order valence-electron chi connectivity index (χ3n) is 2.86. The zero-order valence-corrected chi connectivity index (χ0v) is 7.58. The highest BCUT2D eigenvalue weighted by molar-refractivity contribution is 4.84. The fourth-order valence-electron chi connectivity index (χ4n) is 1.53. The van der Waals surface area contributed by atoms with Crippen LogP contribution in [0.15, 0.2) is 0 Å². The van der Waals surface area contributed by atoms with Crippen LogP contribution in [0.4, 0.5) is 0 Å². The topological polar surface area (TPSA) is 30.5 Å². The van der Waals surface area contributed by atoms with Gasteiger partial charge in [-0.25, -0.2) is 0 Å². The predicted octanol–water partition coefficient (Wildman–Crippen LogP) is 0.542. The van der Waals surface area contributed by atoms with Gasteiger partial charge < -0.3 is 14.8 Å². The van der Waals surface area contributed by atoms with Crippen LogP contribution in [0.3, 0.4) is 0 Å². The van der Waals surface area contributed by atoms with Crippen molar-refractivity contribution in [3.8, 4) is 0 Å². The Morgan fingerprint density at radius 2 is 2.33 bits per heavy atom. The Morgan fingerprint density at radius 3 is 2.75 bits per heavy atom. The highest BCUT2D eigenvalue weighted by Gasteiger charge is 2.32. The lowest BCUT2D eigenvalue weighted by Crippen LogP contribution is -2.55. The molecule has 1 aliphatic heterocycles. The quantitative estimate of drug-likeness (QED) is 0.669. The second-order valence-corrected chi connectivity index (χ2v) is 3.65. The van der Waals surface area contributed by atoms with Crippen molar-refractivity contribution >= 4 is 0 Å². The van der Waals surface area contributed by atoms with Crippen LogP contribution in [-0.4, -0.2) is 38.5 Å². The standard InChI is InChI=1S/C9H17NO2/c1-10-8-5-12-9(8)6-11-7-3-2-4-7/h7-10H,2-6H2,1H3. The minimum atomic E-state index is 0.301. The van der Waals surface area contributed by atoms with E-state index < -0.39 is 0 Å². The molecule has 1 aliphatic carbocycles. The highest BCUT2D eigenvalue weighted by atomic mass is 16.6. The summed E-state index contributed by atoms with van der Waals surface area (Å²) >= 11 is 0. The summed E-state index contributed by atoms with van der Waals surface area (Å²) in [6, 6.07) is 0.519. The van der Waals surface area contributed by atoms with Crippen molar-refractivity contribution < 1.29 is 9.47 Å². The summed E-state index contributed by atoms with van der Waals surface area (Å²) < 4.78 is 11.0. The molecular weight excluding hydrogens is 154 g/mol. The summed E-state index contributed by atoms with van der Waals surface area (Å²) in [5, 5.41) is 3.21. The Morgan fingerprint density at radius 1 is 1.50 bits per heavy atom. The number of nitrogens with one attached hydrogen (secondary N) is 1. The summed E-state index contributed by atoms with van der Waals surface area (Å²) in [6.45, 7) is 1.62. The second kappa shape index (κ2) is 3.73. The number of hydrogen-bond acceptors (Lipinski definition) is 3. The molecule has 1 saturated carbocycles. The molecule has 2 rings (SSSR count). The lowest BCUT2D eigenvalue weighted by Gasteiger charge is -2.38. The van der Waals surface area contributed by atoms with Gasteiger partial charge in [0.1, 0.15) is 0 Å². The predicted molar refractivity (Wildman–Crippen MR) is 46.2 cm³/mol. The first kappa shape index (κ1) is 8.48. The molecule has 0 amide bonds. The monoisotopic (exact) mass is 171 g/mol. The van der Waals surface area contributed by atoms with Crippen LogP contribution in [-0.2, 0) is 9.47 Å². The van der Waals surface area contributed by atoms with Gasteiger partial charge in [-0.15, -0.1) is 0 Å².